The number of hydrogen-bond acceptors (Lipinski definition) is 3. The molecule has 19 heavy (non-hydrogen) atoms. The molecule has 0 aromatic carbocycles. The summed E-state index contributed by atoms with van der Waals surface area (Å²) < 4.78 is 2.05. The van der Waals surface area contributed by atoms with Crippen molar-refractivity contribution in [3.63, 3.8) is 0 Å². The maximum atomic E-state index is 4.46. The smallest absolute Gasteiger partial charge is 0.138 e. The van der Waals surface area contributed by atoms with E-state index in [1.807, 2.05) is 0 Å². The Hall–Kier alpha value is -0.900. The minimum absolute atomic E-state index is 0.383. The molecule has 1 aliphatic carbocycles. The van der Waals surface area contributed by atoms with Crippen molar-refractivity contribution < 1.29 is 0 Å². The van der Waals surface area contributed by atoms with E-state index in [0.29, 0.717) is 17.5 Å². The highest BCUT2D eigenvalue weighted by atomic mass is 15.3. The van der Waals surface area contributed by atoms with Gasteiger partial charge in [0.2, 0.25) is 0 Å². The molecule has 0 aliphatic heterocycles. The van der Waals surface area contributed by atoms with Gasteiger partial charge in [0, 0.05) is 18.5 Å². The normalized spacial score (nSPS) is 20.7. The largest absolute Gasteiger partial charge is 0.316 e. The predicted molar refractivity (Wildman–Crippen MR) is 78.2 cm³/mol. The minimum atomic E-state index is 0.383. The van der Waals surface area contributed by atoms with E-state index < -0.39 is 0 Å². The molecule has 1 unspecified atom stereocenters. The van der Waals surface area contributed by atoms with E-state index in [4.69, 9.17) is 0 Å². The van der Waals surface area contributed by atoms with Gasteiger partial charge in [-0.25, -0.2) is 9.67 Å². The molecule has 0 amide bonds. The summed E-state index contributed by atoms with van der Waals surface area (Å²) in [4.78, 5) is 4.46. The van der Waals surface area contributed by atoms with Gasteiger partial charge in [-0.05, 0) is 39.2 Å². The highest BCUT2D eigenvalue weighted by molar-refractivity contribution is 4.98. The second kappa shape index (κ2) is 6.04. The van der Waals surface area contributed by atoms with E-state index in [0.717, 1.165) is 12.2 Å². The van der Waals surface area contributed by atoms with Crippen LogP contribution in [0, 0.1) is 5.41 Å². The lowest BCUT2D eigenvalue weighted by atomic mass is 9.69. The van der Waals surface area contributed by atoms with Crippen molar-refractivity contribution in [2.45, 2.75) is 71.4 Å². The van der Waals surface area contributed by atoms with E-state index in [1.165, 1.54) is 32.1 Å². The fraction of sp³-hybridized carbons (Fsp3) is 0.867. The molecule has 4 heteroatoms. The van der Waals surface area contributed by atoms with Gasteiger partial charge in [-0.15, -0.1) is 0 Å². The summed E-state index contributed by atoms with van der Waals surface area (Å²) in [6, 6.07) is 0.878. The maximum Gasteiger partial charge on any atom is 0.138 e. The monoisotopic (exact) mass is 264 g/mol. The summed E-state index contributed by atoms with van der Waals surface area (Å²) in [6.45, 7) is 6.76. The molecule has 0 bridgehead atoms. The average molecular weight is 264 g/mol. The van der Waals surface area contributed by atoms with Crippen molar-refractivity contribution in [2.24, 2.45) is 5.41 Å². The fourth-order valence-electron chi connectivity index (χ4n) is 3.44. The van der Waals surface area contributed by atoms with Gasteiger partial charge >= 0.3 is 0 Å². The molecule has 1 N–H and O–H groups in total. The van der Waals surface area contributed by atoms with Crippen LogP contribution in [0.25, 0.3) is 0 Å². The SMILES string of the molecule is CNC(Cc1ncnn1C(C)C)C1(C)CCCCC1. The van der Waals surface area contributed by atoms with Gasteiger partial charge in [0.25, 0.3) is 0 Å². The summed E-state index contributed by atoms with van der Waals surface area (Å²) in [5.74, 6) is 1.11. The quantitative estimate of drug-likeness (QED) is 0.889. The molecule has 1 aromatic heterocycles. The molecule has 1 aromatic rings. The number of rotatable bonds is 5. The first-order valence-corrected chi connectivity index (χ1v) is 7.62. The van der Waals surface area contributed by atoms with Gasteiger partial charge in [0.05, 0.1) is 0 Å². The Bertz CT molecular complexity index is 391. The minimum Gasteiger partial charge on any atom is -0.316 e. The van der Waals surface area contributed by atoms with Crippen LogP contribution in [0.15, 0.2) is 6.33 Å². The summed E-state index contributed by atoms with van der Waals surface area (Å²) in [7, 11) is 2.08. The third-order valence-electron chi connectivity index (χ3n) is 4.71. The van der Waals surface area contributed by atoms with E-state index in [1.54, 1.807) is 6.33 Å². The van der Waals surface area contributed by atoms with Gasteiger partial charge < -0.3 is 5.32 Å². The lowest BCUT2D eigenvalue weighted by molar-refractivity contribution is 0.146. The molecule has 108 valence electrons. The maximum absolute atomic E-state index is 4.46. The molecule has 1 fully saturated rings. The average Bonchev–Trinajstić information content (AvgIpc) is 2.85. The molecule has 4 nitrogen and oxygen atoms in total. The molecule has 1 heterocycles. The van der Waals surface area contributed by atoms with Crippen LogP contribution < -0.4 is 5.32 Å². The Kier molecular flexibility index (Phi) is 4.61. The predicted octanol–water partition coefficient (Wildman–Crippen LogP) is 2.96. The molecule has 0 saturated heterocycles. The Morgan fingerprint density at radius 2 is 2.00 bits per heavy atom. The fourth-order valence-corrected chi connectivity index (χ4v) is 3.44. The first-order chi connectivity index (χ1) is 9.07. The van der Waals surface area contributed by atoms with Gasteiger partial charge in [-0.1, -0.05) is 26.2 Å². The zero-order chi connectivity index (χ0) is 13.9. The van der Waals surface area contributed by atoms with Crippen LogP contribution in [0.3, 0.4) is 0 Å². The lowest BCUT2D eigenvalue weighted by Crippen LogP contribution is -2.45. The number of nitrogens with one attached hydrogen (secondary N) is 1. The van der Waals surface area contributed by atoms with Crippen molar-refractivity contribution in [3.8, 4) is 0 Å². The third kappa shape index (κ3) is 3.16. The zero-order valence-corrected chi connectivity index (χ0v) is 12.8. The molecular weight excluding hydrogens is 236 g/mol. The summed E-state index contributed by atoms with van der Waals surface area (Å²) in [6.07, 6.45) is 9.45. The standard InChI is InChI=1S/C15H28N4/c1-12(2)19-14(17-11-18-19)10-13(16-4)15(3)8-6-5-7-9-15/h11-13,16H,5-10H2,1-4H3. The van der Waals surface area contributed by atoms with Crippen molar-refractivity contribution in [1.82, 2.24) is 20.1 Å². The van der Waals surface area contributed by atoms with Gasteiger partial charge in [-0.3, -0.25) is 0 Å². The highest BCUT2D eigenvalue weighted by Crippen LogP contribution is 2.39. The second-order valence-corrected chi connectivity index (χ2v) is 6.47. The summed E-state index contributed by atoms with van der Waals surface area (Å²) in [5, 5.41) is 7.88. The number of aromatic nitrogens is 3. The van der Waals surface area contributed by atoms with Crippen LogP contribution in [-0.2, 0) is 6.42 Å². The van der Waals surface area contributed by atoms with Crippen LogP contribution in [0.1, 0.15) is 64.7 Å². The van der Waals surface area contributed by atoms with Crippen LogP contribution in [0.2, 0.25) is 0 Å². The molecule has 2 rings (SSSR count). The van der Waals surface area contributed by atoms with E-state index in [-0.39, 0.29) is 0 Å². The topological polar surface area (TPSA) is 42.7 Å². The van der Waals surface area contributed by atoms with Crippen molar-refractivity contribution in [2.75, 3.05) is 7.05 Å². The summed E-state index contributed by atoms with van der Waals surface area (Å²) >= 11 is 0. The Labute approximate surface area is 117 Å². The van der Waals surface area contributed by atoms with Crippen molar-refractivity contribution >= 4 is 0 Å². The molecule has 0 radical (unpaired) electrons. The van der Waals surface area contributed by atoms with E-state index in [9.17, 15) is 0 Å². The van der Waals surface area contributed by atoms with Gasteiger partial charge in [0.1, 0.15) is 12.2 Å². The first-order valence-electron chi connectivity index (χ1n) is 7.62. The molecular formula is C15H28N4. The van der Waals surface area contributed by atoms with Crippen molar-refractivity contribution in [1.29, 1.82) is 0 Å². The molecule has 1 aliphatic rings. The van der Waals surface area contributed by atoms with Gasteiger partial charge in [0.15, 0.2) is 0 Å². The Morgan fingerprint density at radius 1 is 1.32 bits per heavy atom. The van der Waals surface area contributed by atoms with Crippen LogP contribution in [-0.4, -0.2) is 27.9 Å². The van der Waals surface area contributed by atoms with Gasteiger partial charge in [-0.2, -0.15) is 5.10 Å². The Balaban J connectivity index is 2.12. The second-order valence-electron chi connectivity index (χ2n) is 6.47. The molecule has 1 saturated carbocycles. The number of nitrogens with zero attached hydrogens (tertiary/aromatic N) is 3. The zero-order valence-electron chi connectivity index (χ0n) is 12.8. The third-order valence-corrected chi connectivity index (χ3v) is 4.71. The van der Waals surface area contributed by atoms with Crippen LogP contribution in [0.5, 0.6) is 0 Å². The molecule has 0 spiro atoms. The van der Waals surface area contributed by atoms with E-state index >= 15 is 0 Å². The number of hydrogen-bond donors (Lipinski definition) is 1. The highest BCUT2D eigenvalue weighted by Gasteiger charge is 2.35. The van der Waals surface area contributed by atoms with Crippen LogP contribution in [0.4, 0.5) is 0 Å². The number of likely N-dealkylation sites (N-methyl/N-ethyl adjacent to an activating group) is 1. The Morgan fingerprint density at radius 3 is 2.58 bits per heavy atom. The summed E-state index contributed by atoms with van der Waals surface area (Å²) in [5.41, 5.74) is 0.404. The van der Waals surface area contributed by atoms with Crippen molar-refractivity contribution in [3.05, 3.63) is 12.2 Å². The first kappa shape index (κ1) is 14.5. The lowest BCUT2D eigenvalue weighted by Gasteiger charge is -2.40. The molecule has 1 atom stereocenters. The van der Waals surface area contributed by atoms with E-state index in [2.05, 4.69) is 47.9 Å². The van der Waals surface area contributed by atoms with Crippen LogP contribution >= 0.6 is 0 Å².